The molecule has 0 radical (unpaired) electrons. The number of aromatic nitrogens is 2. The van der Waals surface area contributed by atoms with Crippen molar-refractivity contribution in [3.8, 4) is 5.88 Å². The summed E-state index contributed by atoms with van der Waals surface area (Å²) in [5.74, 6) is -0.200. The highest BCUT2D eigenvalue weighted by Crippen LogP contribution is 2.18. The number of halogens is 1. The van der Waals surface area contributed by atoms with Gasteiger partial charge in [-0.05, 0) is 0 Å². The van der Waals surface area contributed by atoms with E-state index in [4.69, 9.17) is 16.7 Å². The van der Waals surface area contributed by atoms with E-state index in [1.807, 2.05) is 0 Å². The SMILES string of the molecule is Cn1c(O)c(Cl)n(C)c1=O. The molecule has 0 fully saturated rings. The minimum atomic E-state index is -0.331. The van der Waals surface area contributed by atoms with Gasteiger partial charge in [0.15, 0.2) is 5.15 Å². The smallest absolute Gasteiger partial charge is 0.331 e. The van der Waals surface area contributed by atoms with Crippen LogP contribution in [0.4, 0.5) is 0 Å². The highest BCUT2D eigenvalue weighted by atomic mass is 35.5. The fourth-order valence-electron chi connectivity index (χ4n) is 0.688. The molecule has 1 rings (SSSR count). The van der Waals surface area contributed by atoms with Crippen LogP contribution in [0.3, 0.4) is 0 Å². The normalized spacial score (nSPS) is 10.3. The van der Waals surface area contributed by atoms with Gasteiger partial charge in [0.25, 0.3) is 0 Å². The van der Waals surface area contributed by atoms with E-state index in [9.17, 15) is 4.79 Å². The molecule has 0 aliphatic heterocycles. The Balaban J connectivity index is 3.60. The summed E-state index contributed by atoms with van der Waals surface area (Å²) in [6.07, 6.45) is 0. The first-order chi connectivity index (χ1) is 4.55. The van der Waals surface area contributed by atoms with Gasteiger partial charge in [0.05, 0.1) is 0 Å². The maximum Gasteiger partial charge on any atom is 0.331 e. The summed E-state index contributed by atoms with van der Waals surface area (Å²) in [5, 5.41) is 9.08. The number of hydrogen-bond acceptors (Lipinski definition) is 2. The lowest BCUT2D eigenvalue weighted by atomic mass is 10.8. The summed E-state index contributed by atoms with van der Waals surface area (Å²) >= 11 is 5.50. The number of aromatic hydroxyl groups is 1. The third-order valence-corrected chi connectivity index (χ3v) is 1.79. The van der Waals surface area contributed by atoms with Crippen molar-refractivity contribution in [1.29, 1.82) is 0 Å². The second kappa shape index (κ2) is 2.05. The summed E-state index contributed by atoms with van der Waals surface area (Å²) in [4.78, 5) is 10.9. The van der Waals surface area contributed by atoms with Crippen LogP contribution >= 0.6 is 11.6 Å². The summed E-state index contributed by atoms with van der Waals surface area (Å²) in [6, 6.07) is 0. The molecule has 0 spiro atoms. The Morgan fingerprint density at radius 2 is 1.90 bits per heavy atom. The second-order valence-electron chi connectivity index (χ2n) is 2.02. The molecule has 0 amide bonds. The predicted octanol–water partition coefficient (Wildman–Crippen LogP) is 0.0828. The molecule has 0 saturated heterocycles. The number of nitrogens with zero attached hydrogens (tertiary/aromatic N) is 2. The Kier molecular flexibility index (Phi) is 1.48. The molecule has 0 aliphatic rings. The molecular weight excluding hydrogens is 156 g/mol. The van der Waals surface area contributed by atoms with Gasteiger partial charge in [-0.2, -0.15) is 0 Å². The van der Waals surface area contributed by atoms with Gasteiger partial charge in [-0.1, -0.05) is 11.6 Å². The molecule has 0 aliphatic carbocycles. The Morgan fingerprint density at radius 1 is 1.40 bits per heavy atom. The molecule has 1 aromatic heterocycles. The molecule has 1 aromatic rings. The van der Waals surface area contributed by atoms with Crippen molar-refractivity contribution in [3.05, 3.63) is 15.6 Å². The first-order valence-corrected chi connectivity index (χ1v) is 3.03. The number of rotatable bonds is 0. The van der Waals surface area contributed by atoms with Crippen LogP contribution in [0.5, 0.6) is 5.88 Å². The molecular formula is C5H7ClN2O2. The Hall–Kier alpha value is -0.900. The van der Waals surface area contributed by atoms with Crippen LogP contribution in [0, 0.1) is 0 Å². The standard InChI is InChI=1S/C5H7ClN2O2/c1-7-3(6)4(9)8(2)5(7)10/h9H,1-2H3. The van der Waals surface area contributed by atoms with Crippen molar-refractivity contribution in [2.45, 2.75) is 0 Å². The van der Waals surface area contributed by atoms with E-state index < -0.39 is 0 Å². The lowest BCUT2D eigenvalue weighted by Gasteiger charge is -1.87. The van der Waals surface area contributed by atoms with Crippen LogP contribution in [-0.2, 0) is 14.1 Å². The molecule has 4 nitrogen and oxygen atoms in total. The predicted molar refractivity (Wildman–Crippen MR) is 37.3 cm³/mol. The molecule has 5 heteroatoms. The Morgan fingerprint density at radius 3 is 2.00 bits per heavy atom. The highest BCUT2D eigenvalue weighted by Gasteiger charge is 2.10. The average Bonchev–Trinajstić information content (AvgIpc) is 2.07. The summed E-state index contributed by atoms with van der Waals surface area (Å²) in [6.45, 7) is 0. The summed E-state index contributed by atoms with van der Waals surface area (Å²) < 4.78 is 2.24. The molecule has 0 aromatic carbocycles. The molecule has 1 N–H and O–H groups in total. The van der Waals surface area contributed by atoms with Gasteiger partial charge in [-0.3, -0.25) is 9.13 Å². The van der Waals surface area contributed by atoms with E-state index in [-0.39, 0.29) is 16.7 Å². The molecule has 10 heavy (non-hydrogen) atoms. The third-order valence-electron chi connectivity index (χ3n) is 1.37. The minimum absolute atomic E-state index is 0.0625. The van der Waals surface area contributed by atoms with E-state index in [0.29, 0.717) is 0 Å². The van der Waals surface area contributed by atoms with Gasteiger partial charge in [0.1, 0.15) is 0 Å². The monoisotopic (exact) mass is 162 g/mol. The first kappa shape index (κ1) is 7.21. The van der Waals surface area contributed by atoms with Crippen molar-refractivity contribution in [3.63, 3.8) is 0 Å². The van der Waals surface area contributed by atoms with Gasteiger partial charge in [-0.15, -0.1) is 0 Å². The zero-order valence-electron chi connectivity index (χ0n) is 5.63. The van der Waals surface area contributed by atoms with Crippen molar-refractivity contribution in [2.75, 3.05) is 0 Å². The molecule has 0 atom stereocenters. The number of hydrogen-bond donors (Lipinski definition) is 1. The third kappa shape index (κ3) is 0.724. The molecule has 0 unspecified atom stereocenters. The van der Waals surface area contributed by atoms with E-state index in [1.165, 1.54) is 14.1 Å². The van der Waals surface area contributed by atoms with E-state index in [2.05, 4.69) is 0 Å². The first-order valence-electron chi connectivity index (χ1n) is 2.66. The van der Waals surface area contributed by atoms with Crippen LogP contribution in [0.25, 0.3) is 0 Å². The molecule has 56 valence electrons. The average molecular weight is 163 g/mol. The van der Waals surface area contributed by atoms with Crippen LogP contribution in [0.2, 0.25) is 5.15 Å². The van der Waals surface area contributed by atoms with E-state index in [0.717, 1.165) is 9.13 Å². The van der Waals surface area contributed by atoms with E-state index >= 15 is 0 Å². The lowest BCUT2D eigenvalue weighted by molar-refractivity contribution is 0.430. The van der Waals surface area contributed by atoms with Gasteiger partial charge in [-0.25, -0.2) is 4.79 Å². The zero-order chi connectivity index (χ0) is 7.89. The second-order valence-corrected chi connectivity index (χ2v) is 2.37. The maximum absolute atomic E-state index is 10.9. The summed E-state index contributed by atoms with van der Waals surface area (Å²) in [7, 11) is 2.94. The Bertz CT molecular complexity index is 284. The largest absolute Gasteiger partial charge is 0.492 e. The fourth-order valence-corrected chi connectivity index (χ4v) is 0.887. The van der Waals surface area contributed by atoms with Crippen LogP contribution in [-0.4, -0.2) is 14.2 Å². The van der Waals surface area contributed by atoms with Gasteiger partial charge in [0, 0.05) is 14.1 Å². The van der Waals surface area contributed by atoms with Crippen LogP contribution < -0.4 is 5.69 Å². The summed E-state index contributed by atoms with van der Waals surface area (Å²) in [5.41, 5.74) is -0.331. The lowest BCUT2D eigenvalue weighted by Crippen LogP contribution is -2.19. The zero-order valence-corrected chi connectivity index (χ0v) is 6.38. The van der Waals surface area contributed by atoms with Crippen LogP contribution in [0.15, 0.2) is 4.79 Å². The highest BCUT2D eigenvalue weighted by molar-refractivity contribution is 6.30. The minimum Gasteiger partial charge on any atom is -0.492 e. The van der Waals surface area contributed by atoms with Crippen molar-refractivity contribution in [1.82, 2.24) is 9.13 Å². The van der Waals surface area contributed by atoms with Crippen molar-refractivity contribution >= 4 is 11.6 Å². The molecule has 0 saturated carbocycles. The van der Waals surface area contributed by atoms with Gasteiger partial charge in [0.2, 0.25) is 5.88 Å². The molecule has 1 heterocycles. The quantitative estimate of drug-likeness (QED) is 0.588. The van der Waals surface area contributed by atoms with Crippen LogP contribution in [0.1, 0.15) is 0 Å². The van der Waals surface area contributed by atoms with E-state index in [1.54, 1.807) is 0 Å². The fraction of sp³-hybridized carbons (Fsp3) is 0.400. The van der Waals surface area contributed by atoms with Gasteiger partial charge < -0.3 is 5.11 Å². The van der Waals surface area contributed by atoms with Crippen molar-refractivity contribution in [2.24, 2.45) is 14.1 Å². The maximum atomic E-state index is 10.9. The molecule has 0 bridgehead atoms. The van der Waals surface area contributed by atoms with Gasteiger partial charge >= 0.3 is 5.69 Å². The topological polar surface area (TPSA) is 47.2 Å². The van der Waals surface area contributed by atoms with Crippen molar-refractivity contribution < 1.29 is 5.11 Å². The Labute approximate surface area is 62.3 Å². The number of imidazole rings is 1.